The average molecular weight is 480 g/mol. The maximum atomic E-state index is 12.5. The van der Waals surface area contributed by atoms with Gasteiger partial charge >= 0.3 is 6.61 Å². The van der Waals surface area contributed by atoms with Crippen molar-refractivity contribution in [3.8, 4) is 5.75 Å². The van der Waals surface area contributed by atoms with E-state index >= 15 is 0 Å². The summed E-state index contributed by atoms with van der Waals surface area (Å²) in [4.78, 5) is 4.10. The van der Waals surface area contributed by atoms with Crippen LogP contribution in [-0.2, 0) is 19.5 Å². The molecule has 1 heterocycles. The Morgan fingerprint density at radius 3 is 2.62 bits per heavy atom. The summed E-state index contributed by atoms with van der Waals surface area (Å²) < 4.78 is 34.8. The highest BCUT2D eigenvalue weighted by atomic mass is 127. The molecule has 2 rings (SSSR count). The van der Waals surface area contributed by atoms with Crippen molar-refractivity contribution in [1.29, 1.82) is 0 Å². The van der Waals surface area contributed by atoms with Crippen LogP contribution in [0.3, 0.4) is 0 Å². The second-order valence-corrected chi connectivity index (χ2v) is 5.41. The van der Waals surface area contributed by atoms with Crippen molar-refractivity contribution in [1.82, 2.24) is 15.8 Å². The van der Waals surface area contributed by atoms with E-state index in [0.717, 1.165) is 17.7 Å². The highest BCUT2D eigenvalue weighted by Gasteiger charge is 2.11. The van der Waals surface area contributed by atoms with E-state index in [2.05, 4.69) is 25.5 Å². The molecule has 0 aliphatic rings. The lowest BCUT2D eigenvalue weighted by Gasteiger charge is -2.14. The van der Waals surface area contributed by atoms with E-state index in [1.807, 2.05) is 19.9 Å². The van der Waals surface area contributed by atoms with Crippen LogP contribution in [-0.4, -0.2) is 24.8 Å². The largest absolute Gasteiger partial charge is 0.434 e. The Balaban J connectivity index is 0.00000338. The highest BCUT2D eigenvalue weighted by Crippen LogP contribution is 2.21. The number of rotatable bonds is 7. The van der Waals surface area contributed by atoms with E-state index in [9.17, 15) is 8.78 Å². The predicted molar refractivity (Wildman–Crippen MR) is 106 cm³/mol. The van der Waals surface area contributed by atoms with Gasteiger partial charge < -0.3 is 19.9 Å². The second-order valence-electron chi connectivity index (χ2n) is 5.41. The molecule has 0 saturated heterocycles. The minimum atomic E-state index is -2.86. The van der Waals surface area contributed by atoms with Crippen LogP contribution >= 0.6 is 24.0 Å². The van der Waals surface area contributed by atoms with Crippen LogP contribution in [0, 0.1) is 6.92 Å². The van der Waals surface area contributed by atoms with Crippen molar-refractivity contribution in [2.45, 2.75) is 40.0 Å². The third kappa shape index (κ3) is 6.77. The third-order valence-corrected chi connectivity index (χ3v) is 3.50. The van der Waals surface area contributed by atoms with Crippen LogP contribution in [0.4, 0.5) is 8.78 Å². The van der Waals surface area contributed by atoms with Gasteiger partial charge in [-0.1, -0.05) is 29.8 Å². The molecule has 0 spiro atoms. The maximum Gasteiger partial charge on any atom is 0.387 e. The zero-order valence-corrected chi connectivity index (χ0v) is 17.2. The fourth-order valence-electron chi connectivity index (χ4n) is 2.23. The number of hydrogen-bond acceptors (Lipinski definition) is 4. The SMILES string of the molecule is CCc1cc(CNC(=NC)NCc2cc(C)ccc2OC(F)F)on1.I. The van der Waals surface area contributed by atoms with E-state index in [1.165, 1.54) is 6.07 Å². The van der Waals surface area contributed by atoms with Crippen molar-refractivity contribution < 1.29 is 18.0 Å². The molecule has 0 aliphatic heterocycles. The fourth-order valence-corrected chi connectivity index (χ4v) is 2.23. The second kappa shape index (κ2) is 10.9. The first-order valence-corrected chi connectivity index (χ1v) is 7.95. The first-order valence-electron chi connectivity index (χ1n) is 7.95. The number of aromatic nitrogens is 1. The third-order valence-electron chi connectivity index (χ3n) is 3.50. The molecule has 0 atom stereocenters. The normalized spacial score (nSPS) is 11.2. The van der Waals surface area contributed by atoms with Gasteiger partial charge in [-0.2, -0.15) is 8.78 Å². The van der Waals surface area contributed by atoms with Crippen LogP contribution in [0.2, 0.25) is 0 Å². The summed E-state index contributed by atoms with van der Waals surface area (Å²) >= 11 is 0. The molecule has 144 valence electrons. The number of benzene rings is 1. The van der Waals surface area contributed by atoms with Gasteiger partial charge in [0.2, 0.25) is 0 Å². The number of ether oxygens (including phenoxy) is 1. The molecule has 0 aliphatic carbocycles. The quantitative estimate of drug-likeness (QED) is 0.360. The Morgan fingerprint density at radius 2 is 2.00 bits per heavy atom. The van der Waals surface area contributed by atoms with Gasteiger partial charge in [0, 0.05) is 25.2 Å². The Labute approximate surface area is 168 Å². The molecule has 2 N–H and O–H groups in total. The van der Waals surface area contributed by atoms with Crippen molar-refractivity contribution in [2.75, 3.05) is 7.05 Å². The lowest BCUT2D eigenvalue weighted by Crippen LogP contribution is -2.36. The number of hydrogen-bond donors (Lipinski definition) is 2. The number of alkyl halides is 2. The summed E-state index contributed by atoms with van der Waals surface area (Å²) in [6, 6.07) is 6.93. The van der Waals surface area contributed by atoms with E-state index in [0.29, 0.717) is 30.4 Å². The summed E-state index contributed by atoms with van der Waals surface area (Å²) in [5.41, 5.74) is 2.46. The molecule has 1 aromatic carbocycles. The zero-order valence-electron chi connectivity index (χ0n) is 14.9. The Hall–Kier alpha value is -1.91. The molecular formula is C17H23F2IN4O2. The number of halogens is 3. The first kappa shape index (κ1) is 22.1. The van der Waals surface area contributed by atoms with Gasteiger partial charge in [-0.05, 0) is 19.4 Å². The topological polar surface area (TPSA) is 71.7 Å². The van der Waals surface area contributed by atoms with Crippen molar-refractivity contribution in [3.05, 3.63) is 46.8 Å². The Kier molecular flexibility index (Phi) is 9.31. The van der Waals surface area contributed by atoms with Crippen molar-refractivity contribution in [2.24, 2.45) is 4.99 Å². The molecule has 9 heteroatoms. The van der Waals surface area contributed by atoms with Crippen LogP contribution in [0.25, 0.3) is 0 Å². The van der Waals surface area contributed by atoms with Gasteiger partial charge in [-0.25, -0.2) is 0 Å². The molecule has 0 saturated carbocycles. The predicted octanol–water partition coefficient (Wildman–Crippen LogP) is 3.63. The molecule has 0 amide bonds. The minimum absolute atomic E-state index is 0. The smallest absolute Gasteiger partial charge is 0.387 e. The lowest BCUT2D eigenvalue weighted by atomic mass is 10.1. The number of nitrogens with zero attached hydrogens (tertiary/aromatic N) is 2. The molecule has 26 heavy (non-hydrogen) atoms. The van der Waals surface area contributed by atoms with Gasteiger partial charge in [-0.3, -0.25) is 4.99 Å². The Bertz CT molecular complexity index is 723. The monoisotopic (exact) mass is 480 g/mol. The first-order chi connectivity index (χ1) is 12.0. The molecule has 2 aromatic rings. The molecule has 0 bridgehead atoms. The zero-order chi connectivity index (χ0) is 18.2. The van der Waals surface area contributed by atoms with Gasteiger partial charge in [-0.15, -0.1) is 24.0 Å². The molecule has 0 unspecified atom stereocenters. The van der Waals surface area contributed by atoms with Gasteiger partial charge in [0.05, 0.1) is 12.2 Å². The average Bonchev–Trinajstić information content (AvgIpc) is 3.05. The van der Waals surface area contributed by atoms with Crippen LogP contribution in [0.1, 0.15) is 29.5 Å². The lowest BCUT2D eigenvalue weighted by molar-refractivity contribution is -0.0504. The number of aryl methyl sites for hydroxylation is 2. The van der Waals surface area contributed by atoms with Gasteiger partial charge in [0.15, 0.2) is 11.7 Å². The van der Waals surface area contributed by atoms with Gasteiger partial charge in [0.25, 0.3) is 0 Å². The molecule has 1 aromatic heterocycles. The van der Waals surface area contributed by atoms with E-state index < -0.39 is 6.61 Å². The maximum absolute atomic E-state index is 12.5. The van der Waals surface area contributed by atoms with Crippen LogP contribution < -0.4 is 15.4 Å². The van der Waals surface area contributed by atoms with E-state index in [-0.39, 0.29) is 29.7 Å². The summed E-state index contributed by atoms with van der Waals surface area (Å²) in [5.74, 6) is 1.35. The number of aliphatic imine (C=N–C) groups is 1. The van der Waals surface area contributed by atoms with Crippen molar-refractivity contribution in [3.63, 3.8) is 0 Å². The number of guanidine groups is 1. The summed E-state index contributed by atoms with van der Waals surface area (Å²) in [6.45, 7) is 1.73. The fraction of sp³-hybridized carbons (Fsp3) is 0.412. The molecular weight excluding hydrogens is 457 g/mol. The van der Waals surface area contributed by atoms with E-state index in [1.54, 1.807) is 19.2 Å². The number of nitrogens with one attached hydrogen (secondary N) is 2. The summed E-state index contributed by atoms with van der Waals surface area (Å²) in [5, 5.41) is 10.1. The van der Waals surface area contributed by atoms with Crippen LogP contribution in [0.5, 0.6) is 5.75 Å². The van der Waals surface area contributed by atoms with Crippen molar-refractivity contribution >= 4 is 29.9 Å². The Morgan fingerprint density at radius 1 is 1.27 bits per heavy atom. The summed E-state index contributed by atoms with van der Waals surface area (Å²) in [6.07, 6.45) is 0.802. The minimum Gasteiger partial charge on any atom is -0.434 e. The standard InChI is InChI=1S/C17H22F2N4O2.HI/c1-4-13-8-14(25-23-13)10-22-17(20-3)21-9-12-7-11(2)5-6-15(12)24-16(18)19;/h5-8,16H,4,9-10H2,1-3H3,(H2,20,21,22);1H. The molecule has 6 nitrogen and oxygen atoms in total. The summed E-state index contributed by atoms with van der Waals surface area (Å²) in [7, 11) is 1.63. The van der Waals surface area contributed by atoms with E-state index in [4.69, 9.17) is 4.52 Å². The van der Waals surface area contributed by atoms with Gasteiger partial charge in [0.1, 0.15) is 5.75 Å². The molecule has 0 fully saturated rings. The van der Waals surface area contributed by atoms with Crippen LogP contribution in [0.15, 0.2) is 33.8 Å². The highest BCUT2D eigenvalue weighted by molar-refractivity contribution is 14.0. The molecule has 0 radical (unpaired) electrons.